The standard InChI is InChI=1S/C12H22N2O4S/c1-3-9(4-2)13(5-6-15)12(18)14-8-19-7-10(14)11(16)17/h9-10,15H,3-8H2,1-2H3,(H,16,17)/t10-/m0/s1. The molecular weight excluding hydrogens is 268 g/mol. The van der Waals surface area contributed by atoms with Crippen LogP contribution in [0.3, 0.4) is 0 Å². The zero-order valence-electron chi connectivity index (χ0n) is 11.4. The molecule has 0 unspecified atom stereocenters. The fraction of sp³-hybridized carbons (Fsp3) is 0.833. The monoisotopic (exact) mass is 290 g/mol. The van der Waals surface area contributed by atoms with Crippen molar-refractivity contribution in [3.63, 3.8) is 0 Å². The van der Waals surface area contributed by atoms with Gasteiger partial charge in [0.1, 0.15) is 6.04 Å². The van der Waals surface area contributed by atoms with E-state index < -0.39 is 12.0 Å². The topological polar surface area (TPSA) is 81.1 Å². The van der Waals surface area contributed by atoms with Gasteiger partial charge in [-0.15, -0.1) is 11.8 Å². The van der Waals surface area contributed by atoms with Crippen molar-refractivity contribution in [2.45, 2.75) is 38.8 Å². The zero-order chi connectivity index (χ0) is 14.4. The summed E-state index contributed by atoms with van der Waals surface area (Å²) in [7, 11) is 0. The van der Waals surface area contributed by atoms with E-state index in [1.165, 1.54) is 16.7 Å². The van der Waals surface area contributed by atoms with Gasteiger partial charge < -0.3 is 20.0 Å². The molecule has 1 saturated heterocycles. The second-order valence-corrected chi connectivity index (χ2v) is 5.49. The predicted octanol–water partition coefficient (Wildman–Crippen LogP) is 1.05. The van der Waals surface area contributed by atoms with Crippen molar-refractivity contribution in [3.8, 4) is 0 Å². The predicted molar refractivity (Wildman–Crippen MR) is 74.1 cm³/mol. The Bertz CT molecular complexity index is 323. The summed E-state index contributed by atoms with van der Waals surface area (Å²) < 4.78 is 0. The van der Waals surface area contributed by atoms with Gasteiger partial charge in [0.15, 0.2) is 0 Å². The molecule has 1 heterocycles. The highest BCUT2D eigenvalue weighted by Crippen LogP contribution is 2.24. The molecule has 1 fully saturated rings. The average Bonchev–Trinajstić information content (AvgIpc) is 2.87. The minimum atomic E-state index is -0.966. The second-order valence-electron chi connectivity index (χ2n) is 4.49. The maximum Gasteiger partial charge on any atom is 0.327 e. The van der Waals surface area contributed by atoms with Crippen LogP contribution in [0.15, 0.2) is 0 Å². The van der Waals surface area contributed by atoms with Gasteiger partial charge in [0.05, 0.1) is 12.5 Å². The molecule has 0 aromatic rings. The summed E-state index contributed by atoms with van der Waals surface area (Å²) in [5.74, 6) is -0.138. The fourth-order valence-corrected chi connectivity index (χ4v) is 3.41. The van der Waals surface area contributed by atoms with Gasteiger partial charge in [-0.2, -0.15) is 0 Å². The smallest absolute Gasteiger partial charge is 0.327 e. The SMILES string of the molecule is CCC(CC)N(CCO)C(=O)N1CSC[C@H]1C(=O)O. The van der Waals surface area contributed by atoms with Crippen molar-refractivity contribution in [1.29, 1.82) is 0 Å². The molecule has 7 heteroatoms. The molecule has 0 radical (unpaired) electrons. The fourth-order valence-electron chi connectivity index (χ4n) is 2.27. The number of aliphatic hydroxyl groups excluding tert-OH is 1. The molecule has 2 amide bonds. The van der Waals surface area contributed by atoms with Gasteiger partial charge in [-0.05, 0) is 12.8 Å². The van der Waals surface area contributed by atoms with Crippen LogP contribution in [0.1, 0.15) is 26.7 Å². The van der Waals surface area contributed by atoms with Crippen LogP contribution in [0.4, 0.5) is 4.79 Å². The van der Waals surface area contributed by atoms with E-state index in [9.17, 15) is 9.59 Å². The first-order valence-corrected chi connectivity index (χ1v) is 7.70. The maximum absolute atomic E-state index is 12.5. The molecule has 1 aliphatic heterocycles. The lowest BCUT2D eigenvalue weighted by molar-refractivity contribution is -0.141. The molecule has 0 aromatic carbocycles. The van der Waals surface area contributed by atoms with Gasteiger partial charge in [-0.3, -0.25) is 0 Å². The number of carbonyl (C=O) groups excluding carboxylic acids is 1. The number of thioether (sulfide) groups is 1. The van der Waals surface area contributed by atoms with Crippen LogP contribution in [0.2, 0.25) is 0 Å². The lowest BCUT2D eigenvalue weighted by Gasteiger charge is -2.34. The van der Waals surface area contributed by atoms with Crippen LogP contribution in [-0.4, -0.2) is 68.9 Å². The first kappa shape index (κ1) is 16.1. The molecule has 110 valence electrons. The van der Waals surface area contributed by atoms with E-state index in [4.69, 9.17) is 10.2 Å². The Hall–Kier alpha value is -0.950. The summed E-state index contributed by atoms with van der Waals surface area (Å²) in [6.07, 6.45) is 1.59. The van der Waals surface area contributed by atoms with Crippen molar-refractivity contribution >= 4 is 23.8 Å². The summed E-state index contributed by atoms with van der Waals surface area (Å²) in [6, 6.07) is -0.993. The number of rotatable bonds is 6. The van der Waals surface area contributed by atoms with E-state index in [2.05, 4.69) is 0 Å². The molecule has 0 spiro atoms. The lowest BCUT2D eigenvalue weighted by Crippen LogP contribution is -2.52. The van der Waals surface area contributed by atoms with Gasteiger partial charge in [-0.25, -0.2) is 9.59 Å². The molecule has 0 bridgehead atoms. The minimum Gasteiger partial charge on any atom is -0.480 e. The highest BCUT2D eigenvalue weighted by molar-refractivity contribution is 7.99. The van der Waals surface area contributed by atoms with Crippen LogP contribution in [0, 0.1) is 0 Å². The normalized spacial score (nSPS) is 18.9. The molecule has 2 N–H and O–H groups in total. The van der Waals surface area contributed by atoms with E-state index in [1.807, 2.05) is 13.8 Å². The molecule has 1 aliphatic rings. The number of nitrogens with zero attached hydrogens (tertiary/aromatic N) is 2. The Morgan fingerprint density at radius 1 is 1.42 bits per heavy atom. The van der Waals surface area contributed by atoms with Gasteiger partial charge in [0.2, 0.25) is 0 Å². The molecular formula is C12H22N2O4S. The third-order valence-electron chi connectivity index (χ3n) is 3.38. The quantitative estimate of drug-likeness (QED) is 0.764. The Balaban J connectivity index is 2.83. The summed E-state index contributed by atoms with van der Waals surface area (Å²) >= 11 is 1.44. The Morgan fingerprint density at radius 3 is 2.53 bits per heavy atom. The average molecular weight is 290 g/mol. The molecule has 6 nitrogen and oxygen atoms in total. The number of aliphatic carboxylic acids is 1. The Kier molecular flexibility index (Phi) is 6.44. The summed E-state index contributed by atoms with van der Waals surface area (Å²) in [5, 5.41) is 18.2. The van der Waals surface area contributed by atoms with Crippen molar-refractivity contribution in [3.05, 3.63) is 0 Å². The maximum atomic E-state index is 12.5. The van der Waals surface area contributed by atoms with Crippen LogP contribution < -0.4 is 0 Å². The van der Waals surface area contributed by atoms with Gasteiger partial charge in [0, 0.05) is 18.3 Å². The molecule has 0 saturated carbocycles. The molecule has 0 aromatic heterocycles. The van der Waals surface area contributed by atoms with Crippen LogP contribution in [0.5, 0.6) is 0 Å². The number of carbonyl (C=O) groups is 2. The number of carboxylic acid groups (broad SMARTS) is 1. The zero-order valence-corrected chi connectivity index (χ0v) is 12.2. The number of aliphatic hydroxyl groups is 1. The minimum absolute atomic E-state index is 0.0414. The number of hydrogen-bond acceptors (Lipinski definition) is 4. The van der Waals surface area contributed by atoms with Crippen LogP contribution in [-0.2, 0) is 4.79 Å². The van der Waals surface area contributed by atoms with Gasteiger partial charge >= 0.3 is 12.0 Å². The van der Waals surface area contributed by atoms with Crippen LogP contribution >= 0.6 is 11.8 Å². The summed E-state index contributed by atoms with van der Waals surface area (Å²) in [6.45, 7) is 4.11. The van der Waals surface area contributed by atoms with E-state index >= 15 is 0 Å². The summed E-state index contributed by atoms with van der Waals surface area (Å²) in [4.78, 5) is 26.6. The summed E-state index contributed by atoms with van der Waals surface area (Å²) in [5.41, 5.74) is 0. The Morgan fingerprint density at radius 2 is 2.05 bits per heavy atom. The first-order chi connectivity index (χ1) is 9.06. The van der Waals surface area contributed by atoms with E-state index in [1.54, 1.807) is 4.90 Å². The Labute approximate surface area is 117 Å². The van der Waals surface area contributed by atoms with Crippen molar-refractivity contribution in [2.75, 3.05) is 24.8 Å². The van der Waals surface area contributed by atoms with Gasteiger partial charge in [0.25, 0.3) is 0 Å². The molecule has 0 aliphatic carbocycles. The number of amides is 2. The highest BCUT2D eigenvalue weighted by Gasteiger charge is 2.37. The third kappa shape index (κ3) is 3.76. The highest BCUT2D eigenvalue weighted by atomic mass is 32.2. The number of carboxylic acids is 1. The molecule has 1 atom stereocenters. The van der Waals surface area contributed by atoms with Gasteiger partial charge in [-0.1, -0.05) is 13.8 Å². The van der Waals surface area contributed by atoms with Crippen LogP contribution in [0.25, 0.3) is 0 Å². The van der Waals surface area contributed by atoms with E-state index in [0.717, 1.165) is 12.8 Å². The van der Waals surface area contributed by atoms with E-state index in [-0.39, 0.29) is 25.2 Å². The number of hydrogen-bond donors (Lipinski definition) is 2. The third-order valence-corrected chi connectivity index (χ3v) is 4.40. The second kappa shape index (κ2) is 7.59. The lowest BCUT2D eigenvalue weighted by atomic mass is 10.1. The first-order valence-electron chi connectivity index (χ1n) is 6.55. The van der Waals surface area contributed by atoms with Crippen molar-refractivity contribution in [2.24, 2.45) is 0 Å². The molecule has 1 rings (SSSR count). The molecule has 19 heavy (non-hydrogen) atoms. The largest absolute Gasteiger partial charge is 0.480 e. The van der Waals surface area contributed by atoms with Crippen molar-refractivity contribution in [1.82, 2.24) is 9.80 Å². The van der Waals surface area contributed by atoms with E-state index in [0.29, 0.717) is 11.6 Å². The van der Waals surface area contributed by atoms with Crippen molar-refractivity contribution < 1.29 is 19.8 Å². The number of urea groups is 1.